The summed E-state index contributed by atoms with van der Waals surface area (Å²) in [4.78, 5) is 9.68. The second-order valence-electron chi connectivity index (χ2n) is 3.17. The quantitative estimate of drug-likeness (QED) is 0.508. The zero-order chi connectivity index (χ0) is 8.91. The molecule has 1 unspecified atom stereocenters. The van der Waals surface area contributed by atoms with Crippen LogP contribution < -0.4 is 0 Å². The van der Waals surface area contributed by atoms with Crippen LogP contribution in [0.5, 0.6) is 0 Å². The van der Waals surface area contributed by atoms with Crippen molar-refractivity contribution >= 4 is 8.32 Å². The summed E-state index contributed by atoms with van der Waals surface area (Å²) in [6.07, 6.45) is 2.59. The Morgan fingerprint density at radius 2 is 2.18 bits per heavy atom. The molecule has 0 heterocycles. The van der Waals surface area contributed by atoms with Gasteiger partial charge in [0.05, 0.1) is 12.3 Å². The van der Waals surface area contributed by atoms with E-state index in [0.29, 0.717) is 6.61 Å². The van der Waals surface area contributed by atoms with Crippen molar-refractivity contribution in [3.63, 3.8) is 0 Å². The Morgan fingerprint density at radius 3 is 2.45 bits per heavy atom. The summed E-state index contributed by atoms with van der Waals surface area (Å²) in [5.41, 5.74) is 0.0421. The SMILES string of the molecule is C=CCOC(CC)[Si](C)(C)O. The minimum atomic E-state index is -2.09. The predicted octanol–water partition coefficient (Wildman–Crippen LogP) is 1.70. The van der Waals surface area contributed by atoms with E-state index in [-0.39, 0.29) is 5.73 Å². The molecule has 0 aromatic heterocycles. The molecule has 0 aliphatic rings. The van der Waals surface area contributed by atoms with Crippen molar-refractivity contribution in [1.29, 1.82) is 0 Å². The first-order chi connectivity index (χ1) is 5.02. The zero-order valence-electron chi connectivity index (χ0n) is 7.63. The molecule has 11 heavy (non-hydrogen) atoms. The van der Waals surface area contributed by atoms with E-state index in [1.807, 2.05) is 20.0 Å². The van der Waals surface area contributed by atoms with Gasteiger partial charge in [0, 0.05) is 0 Å². The van der Waals surface area contributed by atoms with Crippen LogP contribution in [-0.4, -0.2) is 25.4 Å². The minimum Gasteiger partial charge on any atom is -0.430 e. The fourth-order valence-electron chi connectivity index (χ4n) is 1.01. The molecule has 0 aliphatic heterocycles. The Balaban J connectivity index is 3.85. The predicted molar refractivity (Wildman–Crippen MR) is 49.9 cm³/mol. The van der Waals surface area contributed by atoms with Crippen molar-refractivity contribution < 1.29 is 9.53 Å². The summed E-state index contributed by atoms with van der Waals surface area (Å²) in [7, 11) is -2.09. The van der Waals surface area contributed by atoms with Crippen molar-refractivity contribution in [2.75, 3.05) is 6.61 Å². The minimum absolute atomic E-state index is 0.0421. The fraction of sp³-hybridized carbons (Fsp3) is 0.750. The monoisotopic (exact) mass is 174 g/mol. The van der Waals surface area contributed by atoms with E-state index in [1.54, 1.807) is 6.08 Å². The summed E-state index contributed by atoms with van der Waals surface area (Å²) in [5.74, 6) is 0. The average molecular weight is 174 g/mol. The highest BCUT2D eigenvalue weighted by Gasteiger charge is 2.28. The fourth-order valence-corrected chi connectivity index (χ4v) is 2.51. The number of ether oxygens (including phenoxy) is 1. The molecule has 0 aromatic rings. The molecular weight excluding hydrogens is 156 g/mol. The molecular formula is C8H18O2Si. The summed E-state index contributed by atoms with van der Waals surface area (Å²) in [5, 5.41) is 0. The van der Waals surface area contributed by atoms with Crippen LogP contribution in [0.1, 0.15) is 13.3 Å². The van der Waals surface area contributed by atoms with Gasteiger partial charge >= 0.3 is 0 Å². The zero-order valence-corrected chi connectivity index (χ0v) is 8.63. The molecule has 0 radical (unpaired) electrons. The van der Waals surface area contributed by atoms with Crippen molar-refractivity contribution in [3.05, 3.63) is 12.7 Å². The molecule has 1 N–H and O–H groups in total. The van der Waals surface area contributed by atoms with E-state index in [2.05, 4.69) is 6.58 Å². The van der Waals surface area contributed by atoms with Gasteiger partial charge in [-0.05, 0) is 19.5 Å². The molecule has 0 amide bonds. The highest BCUT2D eigenvalue weighted by atomic mass is 28.4. The Hall–Kier alpha value is -0.123. The maximum Gasteiger partial charge on any atom is 0.210 e. The molecule has 0 aliphatic carbocycles. The van der Waals surface area contributed by atoms with Gasteiger partial charge in [-0.3, -0.25) is 0 Å². The van der Waals surface area contributed by atoms with Gasteiger partial charge in [-0.1, -0.05) is 13.0 Å². The number of rotatable bonds is 5. The molecule has 0 fully saturated rings. The van der Waals surface area contributed by atoms with Crippen LogP contribution in [-0.2, 0) is 4.74 Å². The van der Waals surface area contributed by atoms with Gasteiger partial charge in [-0.2, -0.15) is 0 Å². The Kier molecular flexibility index (Phi) is 4.64. The molecule has 1 atom stereocenters. The van der Waals surface area contributed by atoms with Gasteiger partial charge in [0.15, 0.2) is 0 Å². The Bertz CT molecular complexity index is 118. The van der Waals surface area contributed by atoms with E-state index >= 15 is 0 Å². The first-order valence-electron chi connectivity index (χ1n) is 3.97. The maximum absolute atomic E-state index is 9.68. The van der Waals surface area contributed by atoms with Gasteiger partial charge in [-0.15, -0.1) is 6.58 Å². The van der Waals surface area contributed by atoms with Crippen LogP contribution in [0.4, 0.5) is 0 Å². The summed E-state index contributed by atoms with van der Waals surface area (Å²) < 4.78 is 5.40. The molecule has 0 saturated carbocycles. The lowest BCUT2D eigenvalue weighted by Crippen LogP contribution is -2.43. The van der Waals surface area contributed by atoms with E-state index in [4.69, 9.17) is 4.74 Å². The lowest BCUT2D eigenvalue weighted by atomic mass is 10.5. The molecule has 0 bridgehead atoms. The first-order valence-corrected chi connectivity index (χ1v) is 6.99. The summed E-state index contributed by atoms with van der Waals surface area (Å²) in [6.45, 7) is 9.91. The van der Waals surface area contributed by atoms with E-state index < -0.39 is 8.32 Å². The van der Waals surface area contributed by atoms with Gasteiger partial charge in [0.2, 0.25) is 8.32 Å². The lowest BCUT2D eigenvalue weighted by molar-refractivity contribution is 0.110. The lowest BCUT2D eigenvalue weighted by Gasteiger charge is -2.25. The highest BCUT2D eigenvalue weighted by Crippen LogP contribution is 2.11. The molecule has 66 valence electrons. The standard InChI is InChI=1S/C8H18O2Si/c1-5-7-10-8(6-2)11(3,4)9/h5,8-9H,1,6-7H2,2-4H3. The topological polar surface area (TPSA) is 29.5 Å². The van der Waals surface area contributed by atoms with Gasteiger partial charge in [-0.25, -0.2) is 0 Å². The smallest absolute Gasteiger partial charge is 0.210 e. The highest BCUT2D eigenvalue weighted by molar-refractivity contribution is 6.71. The van der Waals surface area contributed by atoms with Crippen LogP contribution >= 0.6 is 0 Å². The van der Waals surface area contributed by atoms with Crippen molar-refractivity contribution in [2.45, 2.75) is 32.2 Å². The third-order valence-corrected chi connectivity index (χ3v) is 3.72. The molecule has 0 aromatic carbocycles. The van der Waals surface area contributed by atoms with Gasteiger partial charge in [0.1, 0.15) is 0 Å². The van der Waals surface area contributed by atoms with Crippen LogP contribution in [0.15, 0.2) is 12.7 Å². The van der Waals surface area contributed by atoms with Crippen LogP contribution in [0.25, 0.3) is 0 Å². The number of hydrogen-bond donors (Lipinski definition) is 1. The molecule has 2 nitrogen and oxygen atoms in total. The van der Waals surface area contributed by atoms with Crippen LogP contribution in [0, 0.1) is 0 Å². The van der Waals surface area contributed by atoms with E-state index in [0.717, 1.165) is 6.42 Å². The first kappa shape index (κ1) is 10.9. The second-order valence-corrected chi connectivity index (χ2v) is 7.12. The van der Waals surface area contributed by atoms with Crippen molar-refractivity contribution in [3.8, 4) is 0 Å². The normalized spacial score (nSPS) is 14.5. The van der Waals surface area contributed by atoms with Gasteiger partial charge < -0.3 is 9.53 Å². The molecule has 0 rings (SSSR count). The van der Waals surface area contributed by atoms with Crippen LogP contribution in [0.3, 0.4) is 0 Å². The van der Waals surface area contributed by atoms with Crippen LogP contribution in [0.2, 0.25) is 13.1 Å². The van der Waals surface area contributed by atoms with Crippen molar-refractivity contribution in [1.82, 2.24) is 0 Å². The Morgan fingerprint density at radius 1 is 1.64 bits per heavy atom. The van der Waals surface area contributed by atoms with E-state index in [9.17, 15) is 4.80 Å². The second kappa shape index (κ2) is 4.69. The van der Waals surface area contributed by atoms with Crippen molar-refractivity contribution in [2.24, 2.45) is 0 Å². The number of hydrogen-bond acceptors (Lipinski definition) is 2. The third-order valence-electron chi connectivity index (χ3n) is 1.57. The average Bonchev–Trinajstić information content (AvgIpc) is 1.87. The summed E-state index contributed by atoms with van der Waals surface area (Å²) in [6, 6.07) is 0. The molecule has 3 heteroatoms. The largest absolute Gasteiger partial charge is 0.430 e. The third kappa shape index (κ3) is 4.34. The summed E-state index contributed by atoms with van der Waals surface area (Å²) >= 11 is 0. The van der Waals surface area contributed by atoms with E-state index in [1.165, 1.54) is 0 Å². The molecule has 0 saturated heterocycles. The maximum atomic E-state index is 9.68. The molecule has 0 spiro atoms. The van der Waals surface area contributed by atoms with Gasteiger partial charge in [0.25, 0.3) is 0 Å². The Labute approximate surface area is 70.0 Å².